The normalized spacial score (nSPS) is 10.7. The predicted molar refractivity (Wildman–Crippen MR) is 66.2 cm³/mol. The molecule has 0 aliphatic heterocycles. The first kappa shape index (κ1) is 11.8. The lowest BCUT2D eigenvalue weighted by molar-refractivity contribution is 0.615. The van der Waals surface area contributed by atoms with Gasteiger partial charge in [0.15, 0.2) is 0 Å². The maximum absolute atomic E-state index is 12.8. The summed E-state index contributed by atoms with van der Waals surface area (Å²) >= 11 is 0. The van der Waals surface area contributed by atoms with Crippen LogP contribution in [-0.4, -0.2) is 23.1 Å². The third kappa shape index (κ3) is 2.91. The van der Waals surface area contributed by atoms with Gasteiger partial charge in [-0.25, -0.2) is 9.37 Å². The molecule has 1 aromatic heterocycles. The average molecular weight is 233 g/mol. The van der Waals surface area contributed by atoms with Gasteiger partial charge in [0.2, 0.25) is 0 Å². The number of imidazole rings is 1. The molecule has 2 aromatic rings. The van der Waals surface area contributed by atoms with E-state index in [4.69, 9.17) is 0 Å². The van der Waals surface area contributed by atoms with Crippen molar-refractivity contribution in [2.24, 2.45) is 0 Å². The molecule has 0 saturated heterocycles. The molecule has 0 aliphatic rings. The molecular weight excluding hydrogens is 217 g/mol. The zero-order valence-electron chi connectivity index (χ0n) is 9.86. The first-order valence-corrected chi connectivity index (χ1v) is 5.72. The maximum atomic E-state index is 12.8. The number of aromatic nitrogens is 2. The van der Waals surface area contributed by atoms with Crippen LogP contribution in [0.15, 0.2) is 36.8 Å². The van der Waals surface area contributed by atoms with Crippen molar-refractivity contribution in [2.75, 3.05) is 13.6 Å². The quantitative estimate of drug-likeness (QED) is 0.803. The van der Waals surface area contributed by atoms with Gasteiger partial charge in [0, 0.05) is 6.54 Å². The lowest BCUT2D eigenvalue weighted by Gasteiger charge is -2.07. The van der Waals surface area contributed by atoms with E-state index in [0.717, 1.165) is 30.8 Å². The second kappa shape index (κ2) is 5.59. The van der Waals surface area contributed by atoms with Crippen LogP contribution < -0.4 is 5.32 Å². The predicted octanol–water partition coefficient (Wildman–Crippen LogP) is 2.30. The van der Waals surface area contributed by atoms with Crippen molar-refractivity contribution in [3.63, 3.8) is 0 Å². The molecule has 0 bridgehead atoms. The van der Waals surface area contributed by atoms with Crippen molar-refractivity contribution >= 4 is 0 Å². The minimum atomic E-state index is -0.213. The smallest absolute Gasteiger partial charge is 0.123 e. The van der Waals surface area contributed by atoms with Gasteiger partial charge in [-0.3, -0.25) is 0 Å². The fraction of sp³-hybridized carbons (Fsp3) is 0.308. The molecule has 4 heteroatoms. The molecule has 0 saturated carbocycles. The van der Waals surface area contributed by atoms with Crippen LogP contribution in [0.1, 0.15) is 6.42 Å². The number of rotatable bonds is 5. The molecule has 0 unspecified atom stereocenters. The molecule has 0 fully saturated rings. The van der Waals surface area contributed by atoms with E-state index in [2.05, 4.69) is 14.9 Å². The van der Waals surface area contributed by atoms with E-state index in [-0.39, 0.29) is 5.82 Å². The van der Waals surface area contributed by atoms with Crippen molar-refractivity contribution in [3.05, 3.63) is 42.6 Å². The summed E-state index contributed by atoms with van der Waals surface area (Å²) < 4.78 is 14.9. The molecular formula is C13H16FN3. The number of hydrogen-bond donors (Lipinski definition) is 1. The molecule has 1 N–H and O–H groups in total. The highest BCUT2D eigenvalue weighted by Gasteiger charge is 2.04. The first-order valence-electron chi connectivity index (χ1n) is 5.72. The SMILES string of the molecule is CNCCCn1cncc1-c1ccc(F)cc1. The van der Waals surface area contributed by atoms with E-state index in [0.29, 0.717) is 0 Å². The Labute approximate surface area is 100 Å². The van der Waals surface area contributed by atoms with Crippen LogP contribution in [0, 0.1) is 5.82 Å². The van der Waals surface area contributed by atoms with Crippen molar-refractivity contribution < 1.29 is 4.39 Å². The summed E-state index contributed by atoms with van der Waals surface area (Å²) in [6.45, 7) is 1.88. The van der Waals surface area contributed by atoms with Gasteiger partial charge in [0.1, 0.15) is 5.82 Å². The average Bonchev–Trinajstić information content (AvgIpc) is 2.79. The zero-order chi connectivity index (χ0) is 12.1. The van der Waals surface area contributed by atoms with Crippen LogP contribution in [0.2, 0.25) is 0 Å². The third-order valence-electron chi connectivity index (χ3n) is 2.68. The molecule has 0 spiro atoms. The van der Waals surface area contributed by atoms with Crippen LogP contribution in [0.5, 0.6) is 0 Å². The van der Waals surface area contributed by atoms with Crippen molar-refractivity contribution in [3.8, 4) is 11.3 Å². The Morgan fingerprint density at radius 1 is 1.29 bits per heavy atom. The number of hydrogen-bond acceptors (Lipinski definition) is 2. The molecule has 1 heterocycles. The first-order chi connectivity index (χ1) is 8.31. The topological polar surface area (TPSA) is 29.9 Å². The Balaban J connectivity index is 2.15. The Bertz CT molecular complexity index is 462. The molecule has 3 nitrogen and oxygen atoms in total. The number of benzene rings is 1. The lowest BCUT2D eigenvalue weighted by Crippen LogP contribution is -2.11. The van der Waals surface area contributed by atoms with E-state index >= 15 is 0 Å². The summed E-state index contributed by atoms with van der Waals surface area (Å²) in [5.41, 5.74) is 2.02. The van der Waals surface area contributed by atoms with Crippen LogP contribution in [-0.2, 0) is 6.54 Å². The second-order valence-corrected chi connectivity index (χ2v) is 3.94. The molecule has 17 heavy (non-hydrogen) atoms. The fourth-order valence-electron chi connectivity index (χ4n) is 1.79. The zero-order valence-corrected chi connectivity index (χ0v) is 9.86. The van der Waals surface area contributed by atoms with Crippen molar-refractivity contribution in [1.29, 1.82) is 0 Å². The number of nitrogens with one attached hydrogen (secondary N) is 1. The van der Waals surface area contributed by atoms with Gasteiger partial charge < -0.3 is 9.88 Å². The Hall–Kier alpha value is -1.68. The van der Waals surface area contributed by atoms with Crippen molar-refractivity contribution in [2.45, 2.75) is 13.0 Å². The highest BCUT2D eigenvalue weighted by molar-refractivity contribution is 5.58. The lowest BCUT2D eigenvalue weighted by atomic mass is 10.1. The number of halogens is 1. The molecule has 0 atom stereocenters. The summed E-state index contributed by atoms with van der Waals surface area (Å²) in [6.07, 6.45) is 4.67. The van der Waals surface area contributed by atoms with Gasteiger partial charge in [-0.05, 0) is 49.8 Å². The van der Waals surface area contributed by atoms with E-state index in [1.54, 1.807) is 12.1 Å². The van der Waals surface area contributed by atoms with E-state index in [9.17, 15) is 4.39 Å². The summed E-state index contributed by atoms with van der Waals surface area (Å²) in [4.78, 5) is 4.15. The number of aryl methyl sites for hydroxylation is 1. The molecule has 2 rings (SSSR count). The molecule has 0 amide bonds. The highest BCUT2D eigenvalue weighted by Crippen LogP contribution is 2.19. The van der Waals surface area contributed by atoms with Gasteiger partial charge >= 0.3 is 0 Å². The van der Waals surface area contributed by atoms with Gasteiger partial charge in [0.05, 0.1) is 18.2 Å². The van der Waals surface area contributed by atoms with Crippen molar-refractivity contribution in [1.82, 2.24) is 14.9 Å². The van der Waals surface area contributed by atoms with Crippen LogP contribution in [0.25, 0.3) is 11.3 Å². The molecule has 0 aliphatic carbocycles. The van der Waals surface area contributed by atoms with Gasteiger partial charge in [-0.1, -0.05) is 0 Å². The van der Waals surface area contributed by atoms with Gasteiger partial charge in [0.25, 0.3) is 0 Å². The Morgan fingerprint density at radius 2 is 2.06 bits per heavy atom. The minimum absolute atomic E-state index is 0.213. The summed E-state index contributed by atoms with van der Waals surface area (Å²) in [5, 5.41) is 3.11. The Morgan fingerprint density at radius 3 is 2.76 bits per heavy atom. The second-order valence-electron chi connectivity index (χ2n) is 3.94. The van der Waals surface area contributed by atoms with Gasteiger partial charge in [-0.2, -0.15) is 0 Å². The molecule has 90 valence electrons. The minimum Gasteiger partial charge on any atom is -0.331 e. The summed E-state index contributed by atoms with van der Waals surface area (Å²) in [6, 6.07) is 6.50. The number of nitrogens with zero attached hydrogens (tertiary/aromatic N) is 2. The third-order valence-corrected chi connectivity index (χ3v) is 2.68. The van der Waals surface area contributed by atoms with E-state index in [1.165, 1.54) is 12.1 Å². The molecule has 0 radical (unpaired) electrons. The molecule has 1 aromatic carbocycles. The summed E-state index contributed by atoms with van der Waals surface area (Å²) in [7, 11) is 1.94. The summed E-state index contributed by atoms with van der Waals surface area (Å²) in [5.74, 6) is -0.213. The Kier molecular flexibility index (Phi) is 3.88. The largest absolute Gasteiger partial charge is 0.331 e. The van der Waals surface area contributed by atoms with Crippen LogP contribution in [0.3, 0.4) is 0 Å². The maximum Gasteiger partial charge on any atom is 0.123 e. The fourth-order valence-corrected chi connectivity index (χ4v) is 1.79. The van der Waals surface area contributed by atoms with Crippen LogP contribution >= 0.6 is 0 Å². The monoisotopic (exact) mass is 233 g/mol. The van der Waals surface area contributed by atoms with E-state index in [1.807, 2.05) is 19.6 Å². The van der Waals surface area contributed by atoms with E-state index < -0.39 is 0 Å². The van der Waals surface area contributed by atoms with Gasteiger partial charge in [-0.15, -0.1) is 0 Å². The standard InChI is InChI=1S/C13H16FN3/c1-15-7-2-8-17-10-16-9-13(17)11-3-5-12(14)6-4-11/h3-6,9-10,15H,2,7-8H2,1H3. The van der Waals surface area contributed by atoms with Crippen LogP contribution in [0.4, 0.5) is 4.39 Å². The highest BCUT2D eigenvalue weighted by atomic mass is 19.1.